The highest BCUT2D eigenvalue weighted by atomic mass is 79.9. The minimum Gasteiger partial charge on any atom is -0.469 e. The zero-order chi connectivity index (χ0) is 11.3. The number of methoxy groups -OCH3 is 1. The third kappa shape index (κ3) is 3.32. The molecule has 0 spiro atoms. The maximum absolute atomic E-state index is 11.5. The lowest BCUT2D eigenvalue weighted by atomic mass is 9.99. The van der Waals surface area contributed by atoms with Gasteiger partial charge in [0.1, 0.15) is 0 Å². The molecule has 0 saturated carbocycles. The molecule has 0 bridgehead atoms. The van der Waals surface area contributed by atoms with Gasteiger partial charge < -0.3 is 10.1 Å². The summed E-state index contributed by atoms with van der Waals surface area (Å²) in [6.07, 6.45) is 0. The maximum Gasteiger partial charge on any atom is 0.314 e. The number of halogens is 1. The van der Waals surface area contributed by atoms with Crippen LogP contribution >= 0.6 is 15.9 Å². The van der Waals surface area contributed by atoms with Gasteiger partial charge in [-0.2, -0.15) is 0 Å². The Morgan fingerprint density at radius 1 is 1.60 bits per heavy atom. The number of carbonyl (C=O) groups excluding carboxylic acids is 1. The van der Waals surface area contributed by atoms with Gasteiger partial charge in [-0.15, -0.1) is 0 Å². The van der Waals surface area contributed by atoms with Crippen molar-refractivity contribution in [1.29, 1.82) is 0 Å². The summed E-state index contributed by atoms with van der Waals surface area (Å²) in [7, 11) is 3.22. The number of benzene rings is 1. The Kier molecular flexibility index (Phi) is 4.78. The van der Waals surface area contributed by atoms with Crippen LogP contribution in [0, 0.1) is 0 Å². The molecule has 1 aromatic rings. The highest BCUT2D eigenvalue weighted by molar-refractivity contribution is 9.10. The van der Waals surface area contributed by atoms with Crippen LogP contribution in [-0.4, -0.2) is 26.7 Å². The smallest absolute Gasteiger partial charge is 0.314 e. The van der Waals surface area contributed by atoms with E-state index in [0.717, 1.165) is 10.0 Å². The Hall–Kier alpha value is -0.870. The van der Waals surface area contributed by atoms with Gasteiger partial charge >= 0.3 is 5.97 Å². The first-order valence-electron chi connectivity index (χ1n) is 4.67. The van der Waals surface area contributed by atoms with E-state index >= 15 is 0 Å². The summed E-state index contributed by atoms with van der Waals surface area (Å²) in [6.45, 7) is 0.573. The third-order valence-corrected chi connectivity index (χ3v) is 2.64. The molecule has 15 heavy (non-hydrogen) atoms. The topological polar surface area (TPSA) is 38.3 Å². The van der Waals surface area contributed by atoms with Gasteiger partial charge in [0.25, 0.3) is 0 Å². The first-order chi connectivity index (χ1) is 7.19. The van der Waals surface area contributed by atoms with Gasteiger partial charge in [-0.3, -0.25) is 4.79 Å². The van der Waals surface area contributed by atoms with Gasteiger partial charge in [0.05, 0.1) is 13.0 Å². The molecule has 0 fully saturated rings. The van der Waals surface area contributed by atoms with Crippen LogP contribution in [0.4, 0.5) is 0 Å². The van der Waals surface area contributed by atoms with Crippen LogP contribution in [0.2, 0.25) is 0 Å². The SMILES string of the molecule is CNCC(C(=O)OC)c1cccc(Br)c1. The predicted molar refractivity (Wildman–Crippen MR) is 62.8 cm³/mol. The van der Waals surface area contributed by atoms with Gasteiger partial charge in [0.15, 0.2) is 0 Å². The number of carbonyl (C=O) groups is 1. The molecule has 0 radical (unpaired) electrons. The zero-order valence-electron chi connectivity index (χ0n) is 8.79. The summed E-state index contributed by atoms with van der Waals surface area (Å²) in [6, 6.07) is 7.69. The van der Waals surface area contributed by atoms with E-state index in [1.165, 1.54) is 7.11 Å². The summed E-state index contributed by atoms with van der Waals surface area (Å²) in [5.41, 5.74) is 0.950. The van der Waals surface area contributed by atoms with Crippen LogP contribution in [0.15, 0.2) is 28.7 Å². The van der Waals surface area contributed by atoms with E-state index in [1.807, 2.05) is 31.3 Å². The molecule has 1 aromatic carbocycles. The first kappa shape index (κ1) is 12.2. The Bertz CT molecular complexity index is 341. The lowest BCUT2D eigenvalue weighted by Gasteiger charge is -2.14. The maximum atomic E-state index is 11.5. The van der Waals surface area contributed by atoms with Crippen molar-refractivity contribution in [3.8, 4) is 0 Å². The summed E-state index contributed by atoms with van der Waals surface area (Å²) < 4.78 is 5.73. The second kappa shape index (κ2) is 5.88. The molecule has 0 aliphatic heterocycles. The second-order valence-electron chi connectivity index (χ2n) is 3.19. The fourth-order valence-corrected chi connectivity index (χ4v) is 1.82. The highest BCUT2D eigenvalue weighted by Crippen LogP contribution is 2.20. The van der Waals surface area contributed by atoms with Crippen LogP contribution in [-0.2, 0) is 9.53 Å². The van der Waals surface area contributed by atoms with E-state index in [-0.39, 0.29) is 11.9 Å². The molecule has 0 amide bonds. The average Bonchev–Trinajstić information content (AvgIpc) is 2.25. The standard InChI is InChI=1S/C11H14BrNO2/c1-13-7-10(11(14)15-2)8-4-3-5-9(12)6-8/h3-6,10,13H,7H2,1-2H3. The van der Waals surface area contributed by atoms with Crippen LogP contribution < -0.4 is 5.32 Å². The van der Waals surface area contributed by atoms with Gasteiger partial charge in [0, 0.05) is 11.0 Å². The molecular weight excluding hydrogens is 258 g/mol. The highest BCUT2D eigenvalue weighted by Gasteiger charge is 2.20. The monoisotopic (exact) mass is 271 g/mol. The van der Waals surface area contributed by atoms with Crippen molar-refractivity contribution in [3.63, 3.8) is 0 Å². The number of hydrogen-bond acceptors (Lipinski definition) is 3. The molecule has 1 unspecified atom stereocenters. The number of esters is 1. The molecule has 0 saturated heterocycles. The predicted octanol–water partition coefficient (Wildman–Crippen LogP) is 1.93. The van der Waals surface area contributed by atoms with Crippen LogP contribution in [0.5, 0.6) is 0 Å². The van der Waals surface area contributed by atoms with E-state index in [4.69, 9.17) is 4.74 Å². The molecule has 1 rings (SSSR count). The Balaban J connectivity index is 2.93. The molecular formula is C11H14BrNO2. The van der Waals surface area contributed by atoms with E-state index in [9.17, 15) is 4.79 Å². The van der Waals surface area contributed by atoms with Gasteiger partial charge in [-0.25, -0.2) is 0 Å². The van der Waals surface area contributed by atoms with Crippen LogP contribution in [0.25, 0.3) is 0 Å². The molecule has 1 N–H and O–H groups in total. The molecule has 0 aromatic heterocycles. The lowest BCUT2D eigenvalue weighted by Crippen LogP contribution is -2.25. The largest absolute Gasteiger partial charge is 0.469 e. The van der Waals surface area contributed by atoms with Crippen molar-refractivity contribution < 1.29 is 9.53 Å². The number of ether oxygens (including phenoxy) is 1. The minimum absolute atomic E-state index is 0.220. The normalized spacial score (nSPS) is 12.2. The van der Waals surface area contributed by atoms with Crippen LogP contribution in [0.3, 0.4) is 0 Å². The average molecular weight is 272 g/mol. The molecule has 0 aliphatic carbocycles. The number of nitrogens with one attached hydrogen (secondary N) is 1. The van der Waals surface area contributed by atoms with Crippen molar-refractivity contribution in [1.82, 2.24) is 5.32 Å². The number of rotatable bonds is 4. The molecule has 4 heteroatoms. The fourth-order valence-electron chi connectivity index (χ4n) is 1.41. The van der Waals surface area contributed by atoms with Crippen molar-refractivity contribution in [2.75, 3.05) is 20.7 Å². The first-order valence-corrected chi connectivity index (χ1v) is 5.46. The third-order valence-electron chi connectivity index (χ3n) is 2.14. The fraction of sp³-hybridized carbons (Fsp3) is 0.364. The van der Waals surface area contributed by atoms with Crippen molar-refractivity contribution in [3.05, 3.63) is 34.3 Å². The second-order valence-corrected chi connectivity index (χ2v) is 4.10. The Morgan fingerprint density at radius 3 is 2.87 bits per heavy atom. The van der Waals surface area contributed by atoms with Gasteiger partial charge in [-0.1, -0.05) is 28.1 Å². The molecule has 1 atom stereocenters. The van der Waals surface area contributed by atoms with Crippen molar-refractivity contribution >= 4 is 21.9 Å². The summed E-state index contributed by atoms with van der Waals surface area (Å²) >= 11 is 3.38. The van der Waals surface area contributed by atoms with Crippen LogP contribution in [0.1, 0.15) is 11.5 Å². The Morgan fingerprint density at radius 2 is 2.33 bits per heavy atom. The summed E-state index contributed by atoms with van der Waals surface area (Å²) in [5.74, 6) is -0.472. The van der Waals surface area contributed by atoms with E-state index in [1.54, 1.807) is 0 Å². The lowest BCUT2D eigenvalue weighted by molar-refractivity contribution is -0.142. The van der Waals surface area contributed by atoms with E-state index < -0.39 is 0 Å². The molecule has 3 nitrogen and oxygen atoms in total. The molecule has 0 heterocycles. The minimum atomic E-state index is -0.252. The zero-order valence-corrected chi connectivity index (χ0v) is 10.4. The quantitative estimate of drug-likeness (QED) is 0.851. The number of likely N-dealkylation sites (N-methyl/N-ethyl adjacent to an activating group) is 1. The van der Waals surface area contributed by atoms with E-state index in [2.05, 4.69) is 21.2 Å². The number of hydrogen-bond donors (Lipinski definition) is 1. The molecule has 82 valence electrons. The van der Waals surface area contributed by atoms with Gasteiger partial charge in [0.2, 0.25) is 0 Å². The van der Waals surface area contributed by atoms with Crippen molar-refractivity contribution in [2.24, 2.45) is 0 Å². The van der Waals surface area contributed by atoms with Crippen molar-refractivity contribution in [2.45, 2.75) is 5.92 Å². The summed E-state index contributed by atoms with van der Waals surface area (Å²) in [5, 5.41) is 2.98. The summed E-state index contributed by atoms with van der Waals surface area (Å²) in [4.78, 5) is 11.5. The Labute approximate surface area is 97.9 Å². The van der Waals surface area contributed by atoms with E-state index in [0.29, 0.717) is 6.54 Å². The van der Waals surface area contributed by atoms with Gasteiger partial charge in [-0.05, 0) is 24.7 Å². The molecule has 0 aliphatic rings.